The highest BCUT2D eigenvalue weighted by molar-refractivity contribution is 7.99. The van der Waals surface area contributed by atoms with Crippen LogP contribution in [0.3, 0.4) is 0 Å². The molecule has 0 amide bonds. The second kappa shape index (κ2) is 11.1. The zero-order valence-corrected chi connectivity index (χ0v) is 14.0. The SMILES string of the molecule is CCCCCCCCCCCSc1ccc(O)c(C)c1. The molecule has 1 nitrogen and oxygen atoms in total. The number of rotatable bonds is 11. The van der Waals surface area contributed by atoms with E-state index in [4.69, 9.17) is 0 Å². The Morgan fingerprint density at radius 1 is 0.900 bits per heavy atom. The lowest BCUT2D eigenvalue weighted by Gasteiger charge is -2.05. The first-order valence-corrected chi connectivity index (χ1v) is 9.15. The Hall–Kier alpha value is -0.630. The molecule has 2 heteroatoms. The zero-order valence-electron chi connectivity index (χ0n) is 13.2. The molecule has 0 radical (unpaired) electrons. The Kier molecular flexibility index (Phi) is 9.65. The van der Waals surface area contributed by atoms with E-state index < -0.39 is 0 Å². The maximum Gasteiger partial charge on any atom is 0.118 e. The number of benzene rings is 1. The Labute approximate surface area is 129 Å². The third kappa shape index (κ3) is 7.84. The van der Waals surface area contributed by atoms with Crippen LogP contribution in [0.2, 0.25) is 0 Å². The molecule has 1 rings (SSSR count). The van der Waals surface area contributed by atoms with Crippen LogP contribution in [-0.2, 0) is 0 Å². The highest BCUT2D eigenvalue weighted by Crippen LogP contribution is 2.25. The van der Waals surface area contributed by atoms with Crippen molar-refractivity contribution in [3.8, 4) is 5.75 Å². The molecule has 1 aromatic rings. The van der Waals surface area contributed by atoms with Crippen molar-refractivity contribution in [2.75, 3.05) is 5.75 Å². The average molecular weight is 295 g/mol. The molecule has 0 atom stereocenters. The Balaban J connectivity index is 1.95. The van der Waals surface area contributed by atoms with Gasteiger partial charge in [0.2, 0.25) is 0 Å². The summed E-state index contributed by atoms with van der Waals surface area (Å²) in [5, 5.41) is 9.48. The molecule has 1 N–H and O–H groups in total. The number of phenols is 1. The highest BCUT2D eigenvalue weighted by Gasteiger charge is 1.99. The topological polar surface area (TPSA) is 20.2 Å². The molecular weight excluding hydrogens is 264 g/mol. The quantitative estimate of drug-likeness (QED) is 0.380. The van der Waals surface area contributed by atoms with Crippen molar-refractivity contribution in [2.24, 2.45) is 0 Å². The van der Waals surface area contributed by atoms with Crippen LogP contribution in [0.25, 0.3) is 0 Å². The summed E-state index contributed by atoms with van der Waals surface area (Å²) >= 11 is 1.91. The summed E-state index contributed by atoms with van der Waals surface area (Å²) in [4.78, 5) is 1.28. The minimum absolute atomic E-state index is 0.400. The van der Waals surface area contributed by atoms with Crippen molar-refractivity contribution in [3.63, 3.8) is 0 Å². The number of aromatic hydroxyl groups is 1. The Morgan fingerprint density at radius 3 is 2.10 bits per heavy atom. The van der Waals surface area contributed by atoms with Gasteiger partial charge < -0.3 is 5.11 Å². The maximum atomic E-state index is 9.48. The van der Waals surface area contributed by atoms with Crippen LogP contribution >= 0.6 is 11.8 Å². The largest absolute Gasteiger partial charge is 0.508 e. The van der Waals surface area contributed by atoms with E-state index >= 15 is 0 Å². The van der Waals surface area contributed by atoms with Crippen LogP contribution in [0.4, 0.5) is 0 Å². The van der Waals surface area contributed by atoms with Gasteiger partial charge in [-0.2, -0.15) is 0 Å². The molecule has 0 saturated carbocycles. The van der Waals surface area contributed by atoms with Gasteiger partial charge in [0.1, 0.15) is 5.75 Å². The predicted molar refractivity (Wildman–Crippen MR) is 90.8 cm³/mol. The van der Waals surface area contributed by atoms with E-state index in [1.54, 1.807) is 6.07 Å². The first kappa shape index (κ1) is 17.4. The fourth-order valence-electron chi connectivity index (χ4n) is 2.32. The van der Waals surface area contributed by atoms with Crippen LogP contribution in [0.5, 0.6) is 5.75 Å². The van der Waals surface area contributed by atoms with Gasteiger partial charge >= 0.3 is 0 Å². The molecule has 20 heavy (non-hydrogen) atoms. The lowest BCUT2D eigenvalue weighted by atomic mass is 10.1. The summed E-state index contributed by atoms with van der Waals surface area (Å²) in [6.07, 6.45) is 12.5. The molecule has 0 aromatic heterocycles. The summed E-state index contributed by atoms with van der Waals surface area (Å²) in [5.74, 6) is 1.59. The van der Waals surface area contributed by atoms with Crippen molar-refractivity contribution >= 4 is 11.8 Å². The van der Waals surface area contributed by atoms with Gasteiger partial charge in [0, 0.05) is 4.90 Å². The summed E-state index contributed by atoms with van der Waals surface area (Å²) in [6, 6.07) is 5.89. The zero-order chi connectivity index (χ0) is 14.6. The molecule has 0 spiro atoms. The molecule has 0 fully saturated rings. The maximum absolute atomic E-state index is 9.48. The first-order chi connectivity index (χ1) is 9.74. The number of hydrogen-bond acceptors (Lipinski definition) is 2. The van der Waals surface area contributed by atoms with Gasteiger partial charge in [-0.05, 0) is 42.9 Å². The summed E-state index contributed by atoms with van der Waals surface area (Å²) in [7, 11) is 0. The van der Waals surface area contributed by atoms with E-state index in [1.165, 1.54) is 68.4 Å². The number of phenolic OH excluding ortho intramolecular Hbond substituents is 1. The second-order valence-electron chi connectivity index (χ2n) is 5.63. The molecular formula is C18H30OS. The number of hydrogen-bond donors (Lipinski definition) is 1. The summed E-state index contributed by atoms with van der Waals surface area (Å²) in [5.41, 5.74) is 0.974. The summed E-state index contributed by atoms with van der Waals surface area (Å²) < 4.78 is 0. The molecule has 114 valence electrons. The molecule has 0 saturated heterocycles. The van der Waals surface area contributed by atoms with E-state index in [0.717, 1.165) is 5.56 Å². The molecule has 1 aromatic carbocycles. The monoisotopic (exact) mass is 294 g/mol. The van der Waals surface area contributed by atoms with E-state index in [1.807, 2.05) is 24.8 Å². The lowest BCUT2D eigenvalue weighted by Crippen LogP contribution is -1.84. The van der Waals surface area contributed by atoms with Gasteiger partial charge in [-0.15, -0.1) is 11.8 Å². The fraction of sp³-hybridized carbons (Fsp3) is 0.667. The third-order valence-corrected chi connectivity index (χ3v) is 4.76. The van der Waals surface area contributed by atoms with E-state index in [2.05, 4.69) is 13.0 Å². The molecule has 0 aliphatic heterocycles. The van der Waals surface area contributed by atoms with Crippen LogP contribution in [0.1, 0.15) is 70.3 Å². The highest BCUT2D eigenvalue weighted by atomic mass is 32.2. The Morgan fingerprint density at radius 2 is 1.50 bits per heavy atom. The standard InChI is InChI=1S/C18H30OS/c1-3-4-5-6-7-8-9-10-11-14-20-17-12-13-18(19)16(2)15-17/h12-13,15,19H,3-11,14H2,1-2H3. The van der Waals surface area contributed by atoms with E-state index in [0.29, 0.717) is 5.75 Å². The van der Waals surface area contributed by atoms with Crippen molar-refractivity contribution in [2.45, 2.75) is 76.5 Å². The average Bonchev–Trinajstić information content (AvgIpc) is 2.45. The molecule has 0 unspecified atom stereocenters. The number of thioether (sulfide) groups is 1. The molecule has 0 heterocycles. The van der Waals surface area contributed by atoms with Gasteiger partial charge in [-0.3, -0.25) is 0 Å². The van der Waals surface area contributed by atoms with Gasteiger partial charge in [0.15, 0.2) is 0 Å². The number of unbranched alkanes of at least 4 members (excludes halogenated alkanes) is 8. The van der Waals surface area contributed by atoms with Gasteiger partial charge in [-0.1, -0.05) is 58.3 Å². The van der Waals surface area contributed by atoms with Gasteiger partial charge in [0.05, 0.1) is 0 Å². The fourth-order valence-corrected chi connectivity index (χ4v) is 3.33. The normalized spacial score (nSPS) is 10.9. The van der Waals surface area contributed by atoms with Gasteiger partial charge in [-0.25, -0.2) is 0 Å². The lowest BCUT2D eigenvalue weighted by molar-refractivity contribution is 0.470. The molecule has 0 aliphatic rings. The minimum atomic E-state index is 0.400. The minimum Gasteiger partial charge on any atom is -0.508 e. The smallest absolute Gasteiger partial charge is 0.118 e. The van der Waals surface area contributed by atoms with Crippen LogP contribution in [0.15, 0.2) is 23.1 Å². The second-order valence-corrected chi connectivity index (χ2v) is 6.79. The van der Waals surface area contributed by atoms with Crippen molar-refractivity contribution in [3.05, 3.63) is 23.8 Å². The van der Waals surface area contributed by atoms with Crippen molar-refractivity contribution in [1.82, 2.24) is 0 Å². The van der Waals surface area contributed by atoms with Crippen molar-refractivity contribution in [1.29, 1.82) is 0 Å². The number of aryl methyl sites for hydroxylation is 1. The van der Waals surface area contributed by atoms with Crippen LogP contribution in [-0.4, -0.2) is 10.9 Å². The first-order valence-electron chi connectivity index (χ1n) is 8.16. The van der Waals surface area contributed by atoms with E-state index in [9.17, 15) is 5.11 Å². The Bertz CT molecular complexity index is 362. The van der Waals surface area contributed by atoms with Crippen LogP contribution < -0.4 is 0 Å². The van der Waals surface area contributed by atoms with E-state index in [-0.39, 0.29) is 0 Å². The molecule has 0 bridgehead atoms. The molecule has 0 aliphatic carbocycles. The van der Waals surface area contributed by atoms with Gasteiger partial charge in [0.25, 0.3) is 0 Å². The summed E-state index contributed by atoms with van der Waals surface area (Å²) in [6.45, 7) is 4.23. The predicted octanol–water partition coefficient (Wildman–Crippen LogP) is 6.32. The van der Waals surface area contributed by atoms with Crippen LogP contribution in [0, 0.1) is 6.92 Å². The third-order valence-electron chi connectivity index (χ3n) is 3.68. The van der Waals surface area contributed by atoms with Crippen molar-refractivity contribution < 1.29 is 5.11 Å².